The molecule has 1 heterocycles. The van der Waals surface area contributed by atoms with E-state index in [-0.39, 0.29) is 5.91 Å². The van der Waals surface area contributed by atoms with E-state index in [2.05, 4.69) is 10.3 Å². The van der Waals surface area contributed by atoms with Crippen LogP contribution in [0.1, 0.15) is 21.8 Å². The van der Waals surface area contributed by atoms with Gasteiger partial charge in [-0.3, -0.25) is 4.79 Å². The van der Waals surface area contributed by atoms with Gasteiger partial charge >= 0.3 is 0 Å². The van der Waals surface area contributed by atoms with E-state index in [0.717, 1.165) is 11.1 Å². The van der Waals surface area contributed by atoms with Crippen LogP contribution in [0.2, 0.25) is 10.0 Å². The first-order valence-electron chi connectivity index (χ1n) is 6.62. The summed E-state index contributed by atoms with van der Waals surface area (Å²) in [6.45, 7) is 2.16. The average molecular weight is 335 g/mol. The van der Waals surface area contributed by atoms with Crippen LogP contribution in [0, 0.1) is 6.92 Å². The number of fused-ring (bicyclic) bond motifs is 1. The Bertz CT molecular complexity index is 858. The number of hydrogen-bond donors (Lipinski definition) is 1. The minimum absolute atomic E-state index is 0.254. The molecular formula is C16H12Cl2N2O2. The molecule has 0 aliphatic rings. The Labute approximate surface area is 137 Å². The van der Waals surface area contributed by atoms with Gasteiger partial charge in [0, 0.05) is 18.5 Å². The van der Waals surface area contributed by atoms with Crippen LogP contribution in [0.4, 0.5) is 0 Å². The molecule has 0 fully saturated rings. The lowest BCUT2D eigenvalue weighted by atomic mass is 10.2. The van der Waals surface area contributed by atoms with Crippen LogP contribution in [-0.4, -0.2) is 10.9 Å². The van der Waals surface area contributed by atoms with Gasteiger partial charge in [-0.1, -0.05) is 29.3 Å². The van der Waals surface area contributed by atoms with Crippen molar-refractivity contribution in [1.29, 1.82) is 0 Å². The van der Waals surface area contributed by atoms with Gasteiger partial charge in [-0.25, -0.2) is 4.98 Å². The lowest BCUT2D eigenvalue weighted by molar-refractivity contribution is 0.0951. The van der Waals surface area contributed by atoms with Crippen LogP contribution in [0.3, 0.4) is 0 Å². The van der Waals surface area contributed by atoms with Crippen molar-refractivity contribution < 1.29 is 9.21 Å². The molecule has 0 radical (unpaired) electrons. The van der Waals surface area contributed by atoms with Gasteiger partial charge in [0.2, 0.25) is 0 Å². The number of rotatable bonds is 3. The first-order chi connectivity index (χ1) is 10.5. The molecule has 22 heavy (non-hydrogen) atoms. The van der Waals surface area contributed by atoms with Crippen molar-refractivity contribution in [3.63, 3.8) is 0 Å². The zero-order valence-electron chi connectivity index (χ0n) is 11.7. The number of carbonyl (C=O) groups excluding carboxylic acids is 1. The Morgan fingerprint density at radius 3 is 2.82 bits per heavy atom. The van der Waals surface area contributed by atoms with E-state index in [4.69, 9.17) is 27.6 Å². The highest BCUT2D eigenvalue weighted by Crippen LogP contribution is 2.21. The first kappa shape index (κ1) is 14.9. The number of benzene rings is 2. The van der Waals surface area contributed by atoms with Gasteiger partial charge in [0.15, 0.2) is 11.5 Å². The van der Waals surface area contributed by atoms with Gasteiger partial charge in [-0.05, 0) is 35.9 Å². The first-order valence-corrected chi connectivity index (χ1v) is 7.38. The molecule has 4 nitrogen and oxygen atoms in total. The second-order valence-corrected chi connectivity index (χ2v) is 5.69. The fourth-order valence-electron chi connectivity index (χ4n) is 2.15. The molecule has 0 spiro atoms. The summed E-state index contributed by atoms with van der Waals surface area (Å²) in [6, 6.07) is 10.4. The number of amides is 1. The number of halogens is 2. The molecule has 112 valence electrons. The zero-order valence-corrected chi connectivity index (χ0v) is 13.2. The van der Waals surface area contributed by atoms with Gasteiger partial charge in [-0.15, -0.1) is 0 Å². The van der Waals surface area contributed by atoms with Crippen molar-refractivity contribution in [3.8, 4) is 0 Å². The Balaban J connectivity index is 1.74. The molecule has 0 unspecified atom stereocenters. The fraction of sp³-hybridized carbons (Fsp3) is 0.125. The number of aromatic nitrogens is 1. The van der Waals surface area contributed by atoms with Crippen molar-refractivity contribution in [3.05, 3.63) is 63.5 Å². The summed E-state index contributed by atoms with van der Waals surface area (Å²) in [5.74, 6) is 0.361. The highest BCUT2D eigenvalue weighted by Gasteiger charge is 2.11. The molecule has 1 aromatic heterocycles. The molecule has 0 bridgehead atoms. The molecule has 2 aromatic carbocycles. The SMILES string of the molecule is Cc1nc2ccc(CNC(=O)c3ccc(Cl)cc3Cl)cc2o1. The van der Waals surface area contributed by atoms with E-state index in [0.29, 0.717) is 33.6 Å². The third-order valence-electron chi connectivity index (χ3n) is 3.19. The molecule has 1 amide bonds. The number of nitrogens with one attached hydrogen (secondary N) is 1. The Morgan fingerprint density at radius 1 is 1.23 bits per heavy atom. The van der Waals surface area contributed by atoms with Gasteiger partial charge < -0.3 is 9.73 Å². The summed E-state index contributed by atoms with van der Waals surface area (Å²) in [7, 11) is 0. The molecule has 3 rings (SSSR count). The molecule has 3 aromatic rings. The van der Waals surface area contributed by atoms with E-state index < -0.39 is 0 Å². The average Bonchev–Trinajstić information content (AvgIpc) is 2.84. The number of oxazole rings is 1. The smallest absolute Gasteiger partial charge is 0.253 e. The summed E-state index contributed by atoms with van der Waals surface area (Å²) in [6.07, 6.45) is 0. The van der Waals surface area contributed by atoms with E-state index in [1.54, 1.807) is 25.1 Å². The predicted octanol–water partition coefficient (Wildman–Crippen LogP) is 4.37. The highest BCUT2D eigenvalue weighted by molar-refractivity contribution is 6.36. The van der Waals surface area contributed by atoms with Crippen molar-refractivity contribution >= 4 is 40.2 Å². The third-order valence-corrected chi connectivity index (χ3v) is 3.74. The summed E-state index contributed by atoms with van der Waals surface area (Å²) >= 11 is 11.8. The van der Waals surface area contributed by atoms with Gasteiger partial charge in [0.05, 0.1) is 10.6 Å². The second kappa shape index (κ2) is 5.99. The lowest BCUT2D eigenvalue weighted by Crippen LogP contribution is -2.23. The van der Waals surface area contributed by atoms with E-state index in [1.807, 2.05) is 18.2 Å². The molecule has 0 atom stereocenters. The molecule has 0 saturated heterocycles. The highest BCUT2D eigenvalue weighted by atomic mass is 35.5. The Morgan fingerprint density at radius 2 is 2.05 bits per heavy atom. The van der Waals surface area contributed by atoms with Crippen LogP contribution in [0.5, 0.6) is 0 Å². The van der Waals surface area contributed by atoms with Gasteiger partial charge in [0.25, 0.3) is 5.91 Å². The summed E-state index contributed by atoms with van der Waals surface area (Å²) in [5.41, 5.74) is 2.81. The quantitative estimate of drug-likeness (QED) is 0.773. The van der Waals surface area contributed by atoms with Crippen molar-refractivity contribution in [2.45, 2.75) is 13.5 Å². The monoisotopic (exact) mass is 334 g/mol. The van der Waals surface area contributed by atoms with Crippen LogP contribution < -0.4 is 5.32 Å². The minimum atomic E-state index is -0.254. The maximum absolute atomic E-state index is 12.1. The molecule has 6 heteroatoms. The maximum Gasteiger partial charge on any atom is 0.253 e. The molecule has 0 aliphatic carbocycles. The summed E-state index contributed by atoms with van der Waals surface area (Å²) in [5, 5.41) is 3.64. The molecule has 0 aliphatic heterocycles. The number of hydrogen-bond acceptors (Lipinski definition) is 3. The third kappa shape index (κ3) is 3.08. The number of aryl methyl sites for hydroxylation is 1. The predicted molar refractivity (Wildman–Crippen MR) is 86.4 cm³/mol. The minimum Gasteiger partial charge on any atom is -0.441 e. The van der Waals surface area contributed by atoms with Gasteiger partial charge in [-0.2, -0.15) is 0 Å². The normalized spacial score (nSPS) is 10.9. The van der Waals surface area contributed by atoms with Crippen LogP contribution in [0.15, 0.2) is 40.8 Å². The summed E-state index contributed by atoms with van der Waals surface area (Å²) in [4.78, 5) is 16.4. The summed E-state index contributed by atoms with van der Waals surface area (Å²) < 4.78 is 5.47. The molecule has 1 N–H and O–H groups in total. The van der Waals surface area contributed by atoms with Crippen LogP contribution in [0.25, 0.3) is 11.1 Å². The fourth-order valence-corrected chi connectivity index (χ4v) is 2.64. The molecular weight excluding hydrogens is 323 g/mol. The van der Waals surface area contributed by atoms with E-state index in [9.17, 15) is 4.79 Å². The largest absolute Gasteiger partial charge is 0.441 e. The Kier molecular flexibility index (Phi) is 4.05. The van der Waals surface area contributed by atoms with Crippen LogP contribution >= 0.6 is 23.2 Å². The number of nitrogens with zero attached hydrogens (tertiary/aromatic N) is 1. The topological polar surface area (TPSA) is 55.1 Å². The van der Waals surface area contributed by atoms with Crippen LogP contribution in [-0.2, 0) is 6.54 Å². The van der Waals surface area contributed by atoms with E-state index in [1.165, 1.54) is 0 Å². The zero-order chi connectivity index (χ0) is 15.7. The number of carbonyl (C=O) groups is 1. The lowest BCUT2D eigenvalue weighted by Gasteiger charge is -2.07. The standard InChI is InChI=1S/C16H12Cl2N2O2/c1-9-20-14-5-2-10(6-15(14)22-9)8-19-16(21)12-4-3-11(17)7-13(12)18/h2-7H,8H2,1H3,(H,19,21). The van der Waals surface area contributed by atoms with Crippen molar-refractivity contribution in [1.82, 2.24) is 10.3 Å². The van der Waals surface area contributed by atoms with Crippen molar-refractivity contribution in [2.24, 2.45) is 0 Å². The second-order valence-electron chi connectivity index (χ2n) is 4.84. The van der Waals surface area contributed by atoms with Gasteiger partial charge in [0.1, 0.15) is 5.52 Å². The van der Waals surface area contributed by atoms with Crippen molar-refractivity contribution in [2.75, 3.05) is 0 Å². The Hall–Kier alpha value is -2.04. The molecule has 0 saturated carbocycles. The maximum atomic E-state index is 12.1. The van der Waals surface area contributed by atoms with E-state index >= 15 is 0 Å².